The van der Waals surface area contributed by atoms with Crippen molar-refractivity contribution in [2.45, 2.75) is 12.2 Å². The van der Waals surface area contributed by atoms with Crippen molar-refractivity contribution >= 4 is 64.5 Å². The number of hydrogen-bond acceptors (Lipinski definition) is 7. The van der Waals surface area contributed by atoms with Crippen molar-refractivity contribution in [3.05, 3.63) is 105 Å². The Morgan fingerprint density at radius 3 is 1.34 bits per heavy atom. The van der Waals surface area contributed by atoms with E-state index >= 15 is 0 Å². The SMILES string of the molecule is O=C(NNC(=O)[C@H](OC(=O)c1ccc(Cl)cc1)[C@@H](OC(=O)c1ccc(Cl)cc1)C(=O)O)c1ccc(Cl)cc1. The normalized spacial score (nSPS) is 12.0. The molecule has 2 atom stereocenters. The van der Waals surface area contributed by atoms with E-state index in [4.69, 9.17) is 44.3 Å². The highest BCUT2D eigenvalue weighted by atomic mass is 35.5. The van der Waals surface area contributed by atoms with Crippen molar-refractivity contribution in [2.75, 3.05) is 0 Å². The summed E-state index contributed by atoms with van der Waals surface area (Å²) in [6.45, 7) is 0. The Morgan fingerprint density at radius 2 is 0.947 bits per heavy atom. The van der Waals surface area contributed by atoms with E-state index in [1.54, 1.807) is 0 Å². The molecule has 0 fully saturated rings. The van der Waals surface area contributed by atoms with Crippen LogP contribution in [-0.4, -0.2) is 47.0 Å². The summed E-state index contributed by atoms with van der Waals surface area (Å²) in [5.74, 6) is -6.16. The van der Waals surface area contributed by atoms with Gasteiger partial charge in [0.05, 0.1) is 11.1 Å². The highest BCUT2D eigenvalue weighted by molar-refractivity contribution is 6.31. The summed E-state index contributed by atoms with van der Waals surface area (Å²) in [6.07, 6.45) is -4.53. The lowest BCUT2D eigenvalue weighted by Crippen LogP contribution is -2.54. The molecule has 196 valence electrons. The van der Waals surface area contributed by atoms with Gasteiger partial charge in [-0.1, -0.05) is 34.8 Å². The van der Waals surface area contributed by atoms with E-state index in [1.165, 1.54) is 72.8 Å². The van der Waals surface area contributed by atoms with Crippen LogP contribution in [0.4, 0.5) is 0 Å². The topological polar surface area (TPSA) is 148 Å². The molecular weight excluding hydrogens is 563 g/mol. The Kier molecular flexibility index (Phi) is 9.66. The predicted molar refractivity (Wildman–Crippen MR) is 136 cm³/mol. The molecule has 0 aliphatic rings. The molecule has 3 N–H and O–H groups in total. The van der Waals surface area contributed by atoms with Gasteiger partial charge in [-0.2, -0.15) is 0 Å². The van der Waals surface area contributed by atoms with E-state index in [2.05, 4.69) is 5.43 Å². The molecule has 0 radical (unpaired) electrons. The third-order valence-corrected chi connectivity index (χ3v) is 5.57. The second-order valence-corrected chi connectivity index (χ2v) is 8.76. The fourth-order valence-corrected chi connectivity index (χ4v) is 3.27. The van der Waals surface area contributed by atoms with Crippen LogP contribution >= 0.6 is 34.8 Å². The molecule has 3 aromatic carbocycles. The summed E-state index contributed by atoms with van der Waals surface area (Å²) < 4.78 is 10.1. The number of halogens is 3. The van der Waals surface area contributed by atoms with Crippen LogP contribution in [0, 0.1) is 0 Å². The van der Waals surface area contributed by atoms with E-state index < -0.39 is 41.9 Å². The number of aliphatic carboxylic acids is 1. The fraction of sp³-hybridized carbons (Fsp3) is 0.0800. The largest absolute Gasteiger partial charge is 0.478 e. The van der Waals surface area contributed by atoms with Crippen molar-refractivity contribution in [1.29, 1.82) is 0 Å². The Hall–Kier alpha value is -4.12. The molecule has 10 nitrogen and oxygen atoms in total. The molecule has 0 aromatic heterocycles. The number of carbonyl (C=O) groups excluding carboxylic acids is 4. The van der Waals surface area contributed by atoms with E-state index in [0.29, 0.717) is 15.1 Å². The number of carboxylic acid groups (broad SMARTS) is 1. The lowest BCUT2D eigenvalue weighted by molar-refractivity contribution is -0.159. The number of hydrogen-bond donors (Lipinski definition) is 3. The summed E-state index contributed by atoms with van der Waals surface area (Å²) in [4.78, 5) is 62.6. The van der Waals surface area contributed by atoms with Crippen LogP contribution in [0.15, 0.2) is 72.8 Å². The Bertz CT molecular complexity index is 1350. The first-order valence-electron chi connectivity index (χ1n) is 10.6. The lowest BCUT2D eigenvalue weighted by Gasteiger charge is -2.23. The predicted octanol–water partition coefficient (Wildman–Crippen LogP) is 3.94. The monoisotopic (exact) mass is 578 g/mol. The molecule has 0 aliphatic carbocycles. The average molecular weight is 580 g/mol. The molecule has 0 saturated heterocycles. The number of hydrazine groups is 1. The van der Waals surface area contributed by atoms with Crippen LogP contribution in [0.2, 0.25) is 15.1 Å². The standard InChI is InChI=1S/C25H17Cl3N2O8/c26-16-7-1-13(2-8-16)21(31)29-30-22(32)19(37-24(35)14-3-9-17(27)10-4-14)20(23(33)34)38-25(36)15-5-11-18(28)12-6-15/h1-12,19-20H,(H,29,31)(H,30,32)(H,33,34)/t19-,20-/m1/s1. The van der Waals surface area contributed by atoms with Crippen molar-refractivity contribution in [3.63, 3.8) is 0 Å². The Balaban J connectivity index is 1.84. The van der Waals surface area contributed by atoms with Crippen molar-refractivity contribution in [1.82, 2.24) is 10.9 Å². The first kappa shape index (κ1) is 28.5. The number of carbonyl (C=O) groups is 5. The molecule has 0 aliphatic heterocycles. The van der Waals surface area contributed by atoms with Crippen LogP contribution in [0.1, 0.15) is 31.1 Å². The summed E-state index contributed by atoms with van der Waals surface area (Å²) >= 11 is 17.4. The fourth-order valence-electron chi connectivity index (χ4n) is 2.90. The molecule has 38 heavy (non-hydrogen) atoms. The summed E-state index contributed by atoms with van der Waals surface area (Å²) in [6, 6.07) is 16.2. The second kappa shape index (κ2) is 12.9. The zero-order chi connectivity index (χ0) is 27.8. The highest BCUT2D eigenvalue weighted by Crippen LogP contribution is 2.17. The third kappa shape index (κ3) is 7.69. The van der Waals surface area contributed by atoms with Gasteiger partial charge < -0.3 is 14.6 Å². The maximum absolute atomic E-state index is 12.9. The number of nitrogens with one attached hydrogen (secondary N) is 2. The van der Waals surface area contributed by atoms with Gasteiger partial charge in [0, 0.05) is 20.6 Å². The van der Waals surface area contributed by atoms with Crippen molar-refractivity contribution in [2.24, 2.45) is 0 Å². The van der Waals surface area contributed by atoms with Crippen molar-refractivity contribution in [3.8, 4) is 0 Å². The second-order valence-electron chi connectivity index (χ2n) is 7.45. The van der Waals surface area contributed by atoms with Gasteiger partial charge in [0.15, 0.2) is 0 Å². The number of benzene rings is 3. The average Bonchev–Trinajstić information content (AvgIpc) is 2.89. The van der Waals surface area contributed by atoms with Gasteiger partial charge in [0.25, 0.3) is 11.8 Å². The Morgan fingerprint density at radius 1 is 0.579 bits per heavy atom. The van der Waals surface area contributed by atoms with E-state index in [0.717, 1.165) is 0 Å². The van der Waals surface area contributed by atoms with Crippen LogP contribution in [-0.2, 0) is 19.1 Å². The summed E-state index contributed by atoms with van der Waals surface area (Å²) in [5, 5.41) is 10.7. The first-order valence-corrected chi connectivity index (χ1v) is 11.7. The molecule has 0 heterocycles. The van der Waals surface area contributed by atoms with Gasteiger partial charge in [0.2, 0.25) is 12.2 Å². The molecule has 13 heteroatoms. The summed E-state index contributed by atoms with van der Waals surface area (Å²) in [5.41, 5.74) is 3.98. The zero-order valence-electron chi connectivity index (χ0n) is 19.0. The highest BCUT2D eigenvalue weighted by Gasteiger charge is 2.41. The molecule has 0 spiro atoms. The van der Waals surface area contributed by atoms with Gasteiger partial charge in [-0.15, -0.1) is 0 Å². The minimum Gasteiger partial charge on any atom is -0.478 e. The quantitative estimate of drug-likeness (QED) is 0.268. The van der Waals surface area contributed by atoms with Crippen LogP contribution in [0.3, 0.4) is 0 Å². The van der Waals surface area contributed by atoms with Crippen LogP contribution < -0.4 is 10.9 Å². The molecule has 2 amide bonds. The molecule has 0 unspecified atom stereocenters. The number of rotatable bonds is 8. The maximum Gasteiger partial charge on any atom is 0.349 e. The Labute approximate surface area is 230 Å². The van der Waals surface area contributed by atoms with E-state index in [-0.39, 0.29) is 16.7 Å². The molecular formula is C25H17Cl3N2O8. The van der Waals surface area contributed by atoms with Gasteiger partial charge in [0.1, 0.15) is 0 Å². The minimum atomic E-state index is -2.30. The number of ether oxygens (including phenoxy) is 2. The minimum absolute atomic E-state index is 0.0782. The van der Waals surface area contributed by atoms with Gasteiger partial charge >= 0.3 is 17.9 Å². The molecule has 0 saturated carbocycles. The van der Waals surface area contributed by atoms with Gasteiger partial charge in [-0.05, 0) is 72.8 Å². The van der Waals surface area contributed by atoms with Crippen LogP contribution in [0.25, 0.3) is 0 Å². The maximum atomic E-state index is 12.9. The van der Waals surface area contributed by atoms with Crippen LogP contribution in [0.5, 0.6) is 0 Å². The molecule has 0 bridgehead atoms. The number of esters is 2. The van der Waals surface area contributed by atoms with Crippen molar-refractivity contribution < 1.29 is 38.6 Å². The number of amides is 2. The van der Waals surface area contributed by atoms with Gasteiger partial charge in [-0.3, -0.25) is 20.4 Å². The zero-order valence-corrected chi connectivity index (χ0v) is 21.3. The lowest BCUT2D eigenvalue weighted by atomic mass is 10.1. The van der Waals surface area contributed by atoms with Gasteiger partial charge in [-0.25, -0.2) is 14.4 Å². The first-order chi connectivity index (χ1) is 18.0. The smallest absolute Gasteiger partial charge is 0.349 e. The van der Waals surface area contributed by atoms with E-state index in [9.17, 15) is 29.1 Å². The summed E-state index contributed by atoms with van der Waals surface area (Å²) in [7, 11) is 0. The van der Waals surface area contributed by atoms with E-state index in [1.807, 2.05) is 5.43 Å². The molecule has 3 rings (SSSR count). The molecule has 3 aromatic rings. The number of carboxylic acids is 1. The third-order valence-electron chi connectivity index (χ3n) is 4.81.